The summed E-state index contributed by atoms with van der Waals surface area (Å²) in [5.41, 5.74) is 2.84. The predicted molar refractivity (Wildman–Crippen MR) is 121 cm³/mol. The maximum atomic E-state index is 14.5. The van der Waals surface area contributed by atoms with Gasteiger partial charge in [0.05, 0.1) is 7.11 Å². The normalized spacial score (nSPS) is 21.0. The van der Waals surface area contributed by atoms with Crippen molar-refractivity contribution in [2.45, 2.75) is 32.0 Å². The fraction of sp³-hybridized carbons (Fsp3) is 0.417. The largest absolute Gasteiger partial charge is 0.481 e. The lowest BCUT2D eigenvalue weighted by Gasteiger charge is -2.37. The lowest BCUT2D eigenvalue weighted by molar-refractivity contribution is -0.136. The molecule has 1 unspecified atom stereocenters. The molecule has 10 heteroatoms. The topological polar surface area (TPSA) is 95.1 Å². The highest BCUT2D eigenvalue weighted by atomic mass is 19.1. The molecule has 0 bridgehead atoms. The van der Waals surface area contributed by atoms with E-state index in [1.165, 1.54) is 17.0 Å². The van der Waals surface area contributed by atoms with E-state index in [0.29, 0.717) is 30.2 Å². The van der Waals surface area contributed by atoms with Crippen LogP contribution in [0.25, 0.3) is 0 Å². The van der Waals surface area contributed by atoms with E-state index in [1.54, 1.807) is 13.3 Å². The van der Waals surface area contributed by atoms with Crippen LogP contribution in [0.4, 0.5) is 10.1 Å². The number of halogens is 1. The summed E-state index contributed by atoms with van der Waals surface area (Å²) in [6.07, 6.45) is 2.19. The van der Waals surface area contributed by atoms with E-state index < -0.39 is 17.8 Å². The number of carbonyl (C=O) groups excluding carboxylic acids is 3. The third-order valence-corrected chi connectivity index (χ3v) is 6.72. The molecule has 0 spiro atoms. The van der Waals surface area contributed by atoms with Crippen molar-refractivity contribution in [2.24, 2.45) is 0 Å². The molecule has 2 aromatic rings. The number of piperidine rings is 1. The van der Waals surface area contributed by atoms with Crippen molar-refractivity contribution >= 4 is 23.4 Å². The van der Waals surface area contributed by atoms with Crippen LogP contribution in [0.1, 0.15) is 34.3 Å². The highest BCUT2D eigenvalue weighted by Gasteiger charge is 2.41. The van der Waals surface area contributed by atoms with Gasteiger partial charge >= 0.3 is 0 Å². The summed E-state index contributed by atoms with van der Waals surface area (Å²) in [6, 6.07) is 5.89. The van der Waals surface area contributed by atoms with Crippen LogP contribution in [0, 0.1) is 5.82 Å². The van der Waals surface area contributed by atoms with Crippen LogP contribution in [-0.4, -0.2) is 71.8 Å². The molecule has 5 rings (SSSR count). The van der Waals surface area contributed by atoms with Crippen LogP contribution in [0.15, 0.2) is 30.5 Å². The molecule has 0 aliphatic carbocycles. The van der Waals surface area contributed by atoms with E-state index >= 15 is 0 Å². The maximum Gasteiger partial charge on any atom is 0.255 e. The molecule has 4 heterocycles. The molecular weight excluding hydrogens is 441 g/mol. The quantitative estimate of drug-likeness (QED) is 0.663. The molecule has 3 aliphatic rings. The molecule has 1 atom stereocenters. The average Bonchev–Trinajstić information content (AvgIpc) is 3.15. The summed E-state index contributed by atoms with van der Waals surface area (Å²) in [5.74, 6) is -1.06. The Labute approximate surface area is 196 Å². The summed E-state index contributed by atoms with van der Waals surface area (Å²) in [4.78, 5) is 46.9. The number of nitrogens with zero attached hydrogens (tertiary/aromatic N) is 4. The second kappa shape index (κ2) is 9.02. The number of nitrogens with one attached hydrogen (secondary N) is 1. The Balaban J connectivity index is 1.30. The van der Waals surface area contributed by atoms with Gasteiger partial charge in [-0.1, -0.05) is 0 Å². The first-order valence-electron chi connectivity index (χ1n) is 11.4. The predicted octanol–water partition coefficient (Wildman–Crippen LogP) is 1.31. The molecule has 3 aliphatic heterocycles. The van der Waals surface area contributed by atoms with Crippen LogP contribution < -0.4 is 15.0 Å². The highest BCUT2D eigenvalue weighted by Crippen LogP contribution is 2.35. The van der Waals surface area contributed by atoms with Gasteiger partial charge in [0.2, 0.25) is 17.7 Å². The SMILES string of the molecule is COc1cc(CN2CCN(c3cc(F)cc4c3CN(C3CCC(=O)NC3=O)C4=O)CC2)ccn1. The number of anilines is 1. The van der Waals surface area contributed by atoms with Gasteiger partial charge in [0, 0.05) is 74.8 Å². The molecule has 1 aromatic carbocycles. The van der Waals surface area contributed by atoms with Crippen molar-refractivity contribution < 1.29 is 23.5 Å². The van der Waals surface area contributed by atoms with Crippen molar-refractivity contribution in [1.29, 1.82) is 0 Å². The molecule has 9 nitrogen and oxygen atoms in total. The van der Waals surface area contributed by atoms with Gasteiger partial charge in [0.25, 0.3) is 5.91 Å². The summed E-state index contributed by atoms with van der Waals surface area (Å²) in [7, 11) is 1.59. The van der Waals surface area contributed by atoms with Gasteiger partial charge in [-0.05, 0) is 30.2 Å². The summed E-state index contributed by atoms with van der Waals surface area (Å²) in [5, 5.41) is 2.30. The zero-order valence-electron chi connectivity index (χ0n) is 18.9. The van der Waals surface area contributed by atoms with Crippen molar-refractivity contribution in [2.75, 3.05) is 38.2 Å². The summed E-state index contributed by atoms with van der Waals surface area (Å²) < 4.78 is 19.7. The van der Waals surface area contributed by atoms with Crippen molar-refractivity contribution in [3.63, 3.8) is 0 Å². The number of piperazine rings is 1. The van der Waals surface area contributed by atoms with E-state index in [1.807, 2.05) is 12.1 Å². The zero-order valence-corrected chi connectivity index (χ0v) is 18.9. The van der Waals surface area contributed by atoms with Gasteiger partial charge in [0.1, 0.15) is 11.9 Å². The molecule has 2 fully saturated rings. The first-order valence-corrected chi connectivity index (χ1v) is 11.4. The van der Waals surface area contributed by atoms with Crippen molar-refractivity contribution in [3.8, 4) is 5.88 Å². The molecule has 0 saturated carbocycles. The number of carbonyl (C=O) groups is 3. The van der Waals surface area contributed by atoms with E-state index in [-0.39, 0.29) is 31.2 Å². The summed E-state index contributed by atoms with van der Waals surface area (Å²) >= 11 is 0. The van der Waals surface area contributed by atoms with Crippen molar-refractivity contribution in [3.05, 3.63) is 53.0 Å². The van der Waals surface area contributed by atoms with E-state index in [2.05, 4.69) is 20.1 Å². The lowest BCUT2D eigenvalue weighted by atomic mass is 10.0. The number of imide groups is 1. The monoisotopic (exact) mass is 467 g/mol. The molecule has 178 valence electrons. The number of rotatable bonds is 5. The molecule has 3 amide bonds. The number of methoxy groups -OCH3 is 1. The lowest BCUT2D eigenvalue weighted by Crippen LogP contribution is -2.52. The Morgan fingerprint density at radius 1 is 1.15 bits per heavy atom. The fourth-order valence-electron chi connectivity index (χ4n) is 4.96. The third kappa shape index (κ3) is 4.21. The van der Waals surface area contributed by atoms with Crippen molar-refractivity contribution in [1.82, 2.24) is 20.1 Å². The highest BCUT2D eigenvalue weighted by molar-refractivity contribution is 6.06. The number of ether oxygens (including phenoxy) is 1. The number of amides is 3. The minimum absolute atomic E-state index is 0.184. The zero-order chi connectivity index (χ0) is 23.8. The van der Waals surface area contributed by atoms with Gasteiger partial charge in [-0.15, -0.1) is 0 Å². The van der Waals surface area contributed by atoms with Crippen LogP contribution in [0.3, 0.4) is 0 Å². The third-order valence-electron chi connectivity index (χ3n) is 6.72. The fourth-order valence-corrected chi connectivity index (χ4v) is 4.96. The second-order valence-corrected chi connectivity index (χ2v) is 8.82. The molecule has 1 N–H and O–H groups in total. The molecule has 2 saturated heterocycles. The number of hydrogen-bond donors (Lipinski definition) is 1. The Morgan fingerprint density at radius 2 is 1.94 bits per heavy atom. The van der Waals surface area contributed by atoms with Gasteiger partial charge in [0.15, 0.2) is 0 Å². The second-order valence-electron chi connectivity index (χ2n) is 8.82. The van der Waals surface area contributed by atoms with Gasteiger partial charge in [-0.3, -0.25) is 24.6 Å². The van der Waals surface area contributed by atoms with E-state index in [0.717, 1.165) is 30.8 Å². The summed E-state index contributed by atoms with van der Waals surface area (Å²) in [6.45, 7) is 3.92. The van der Waals surface area contributed by atoms with Gasteiger partial charge in [-0.2, -0.15) is 0 Å². The number of pyridine rings is 1. The Hall–Kier alpha value is -3.53. The molecule has 1 aromatic heterocycles. The van der Waals surface area contributed by atoms with Gasteiger partial charge in [-0.25, -0.2) is 9.37 Å². The standard InChI is InChI=1S/C24H26FN5O4/c1-34-22-10-15(4-5-26-22)13-28-6-8-29(9-7-28)20-12-16(25)11-17-18(20)14-30(24(17)33)19-2-3-21(31)27-23(19)32/h4-5,10-12,19H,2-3,6-9,13-14H2,1H3,(H,27,31,32). The minimum Gasteiger partial charge on any atom is -0.481 e. The Kier molecular flexibility index (Phi) is 5.91. The van der Waals surface area contributed by atoms with Crippen LogP contribution >= 0.6 is 0 Å². The Bertz CT molecular complexity index is 1150. The smallest absolute Gasteiger partial charge is 0.255 e. The minimum atomic E-state index is -0.720. The molecular formula is C24H26FN5O4. The number of fused-ring (bicyclic) bond motifs is 1. The molecule has 34 heavy (non-hydrogen) atoms. The van der Waals surface area contributed by atoms with Crippen LogP contribution in [0.5, 0.6) is 5.88 Å². The number of aromatic nitrogens is 1. The first-order chi connectivity index (χ1) is 16.4. The first kappa shape index (κ1) is 22.3. The average molecular weight is 468 g/mol. The van der Waals surface area contributed by atoms with E-state index in [4.69, 9.17) is 4.74 Å². The van der Waals surface area contributed by atoms with Crippen LogP contribution in [0.2, 0.25) is 0 Å². The number of benzene rings is 1. The van der Waals surface area contributed by atoms with Crippen LogP contribution in [-0.2, 0) is 22.7 Å². The Morgan fingerprint density at radius 3 is 2.68 bits per heavy atom. The van der Waals surface area contributed by atoms with Gasteiger partial charge < -0.3 is 14.5 Å². The maximum absolute atomic E-state index is 14.5. The number of hydrogen-bond acceptors (Lipinski definition) is 7. The van der Waals surface area contributed by atoms with E-state index in [9.17, 15) is 18.8 Å². The molecule has 0 radical (unpaired) electrons.